The Labute approximate surface area is 112 Å². The number of nitrogens with zero attached hydrogens (tertiary/aromatic N) is 4. The molecule has 102 valence electrons. The number of rotatable bonds is 6. The highest BCUT2D eigenvalue weighted by atomic mass is 16.5. The van der Waals surface area contributed by atoms with Crippen molar-refractivity contribution < 1.29 is 4.52 Å². The van der Waals surface area contributed by atoms with Crippen LogP contribution in [0.5, 0.6) is 0 Å². The third-order valence-corrected chi connectivity index (χ3v) is 3.14. The van der Waals surface area contributed by atoms with Crippen molar-refractivity contribution in [2.45, 2.75) is 51.7 Å². The third-order valence-electron chi connectivity index (χ3n) is 3.14. The van der Waals surface area contributed by atoms with E-state index in [2.05, 4.69) is 20.4 Å². The van der Waals surface area contributed by atoms with Crippen molar-refractivity contribution in [1.82, 2.24) is 25.0 Å². The Morgan fingerprint density at radius 2 is 2.32 bits per heavy atom. The van der Waals surface area contributed by atoms with Crippen LogP contribution in [-0.2, 0) is 13.1 Å². The average Bonchev–Trinajstić information content (AvgIpc) is 2.91. The van der Waals surface area contributed by atoms with Gasteiger partial charge in [-0.15, -0.1) is 0 Å². The SMILES string of the molecule is CC(C)c1nc(Cn2cnc(CNC3CC3)c2)no1. The van der Waals surface area contributed by atoms with Crippen LogP contribution in [0.15, 0.2) is 17.0 Å². The predicted molar refractivity (Wildman–Crippen MR) is 69.6 cm³/mol. The fourth-order valence-electron chi connectivity index (χ4n) is 1.85. The first-order valence-corrected chi connectivity index (χ1v) is 6.77. The average molecular weight is 261 g/mol. The van der Waals surface area contributed by atoms with Crippen LogP contribution in [0.3, 0.4) is 0 Å². The summed E-state index contributed by atoms with van der Waals surface area (Å²) in [5.41, 5.74) is 1.06. The van der Waals surface area contributed by atoms with Crippen LogP contribution in [0.2, 0.25) is 0 Å². The smallest absolute Gasteiger partial charge is 0.229 e. The maximum absolute atomic E-state index is 5.19. The lowest BCUT2D eigenvalue weighted by atomic mass is 10.2. The molecule has 1 fully saturated rings. The molecular formula is C13H19N5O. The molecule has 0 aromatic carbocycles. The molecule has 6 nitrogen and oxygen atoms in total. The van der Waals surface area contributed by atoms with Gasteiger partial charge in [0.05, 0.1) is 18.6 Å². The Kier molecular flexibility index (Phi) is 3.33. The number of hydrogen-bond donors (Lipinski definition) is 1. The van der Waals surface area contributed by atoms with E-state index in [-0.39, 0.29) is 5.92 Å². The number of imidazole rings is 1. The van der Waals surface area contributed by atoms with Crippen LogP contribution in [0.1, 0.15) is 50.0 Å². The summed E-state index contributed by atoms with van der Waals surface area (Å²) in [7, 11) is 0. The second-order valence-electron chi connectivity index (χ2n) is 5.40. The molecule has 0 saturated heterocycles. The highest BCUT2D eigenvalue weighted by Crippen LogP contribution is 2.19. The first-order chi connectivity index (χ1) is 9.20. The van der Waals surface area contributed by atoms with Gasteiger partial charge in [-0.25, -0.2) is 4.98 Å². The van der Waals surface area contributed by atoms with Gasteiger partial charge in [0.1, 0.15) is 0 Å². The van der Waals surface area contributed by atoms with Gasteiger partial charge in [-0.3, -0.25) is 0 Å². The number of nitrogens with one attached hydrogen (secondary N) is 1. The Bertz CT molecular complexity index is 541. The molecule has 0 unspecified atom stereocenters. The van der Waals surface area contributed by atoms with E-state index in [1.165, 1.54) is 12.8 Å². The van der Waals surface area contributed by atoms with Crippen molar-refractivity contribution in [2.24, 2.45) is 0 Å². The summed E-state index contributed by atoms with van der Waals surface area (Å²) < 4.78 is 7.17. The van der Waals surface area contributed by atoms with E-state index in [4.69, 9.17) is 4.52 Å². The normalized spacial score (nSPS) is 15.3. The minimum absolute atomic E-state index is 0.266. The largest absolute Gasteiger partial charge is 0.339 e. The van der Waals surface area contributed by atoms with Crippen molar-refractivity contribution in [3.05, 3.63) is 29.9 Å². The topological polar surface area (TPSA) is 68.8 Å². The lowest BCUT2D eigenvalue weighted by Gasteiger charge is -1.98. The standard InChI is InChI=1S/C13H19N5O/c1-9(2)13-16-12(17-19-13)7-18-6-11(15-8-18)5-14-10-3-4-10/h6,8-10,14H,3-5,7H2,1-2H3. The minimum Gasteiger partial charge on any atom is -0.339 e. The number of hydrogen-bond acceptors (Lipinski definition) is 5. The Hall–Kier alpha value is -1.69. The summed E-state index contributed by atoms with van der Waals surface area (Å²) in [6.07, 6.45) is 6.43. The first kappa shape index (κ1) is 12.3. The molecule has 0 amide bonds. The van der Waals surface area contributed by atoms with E-state index in [0.29, 0.717) is 24.3 Å². The zero-order chi connectivity index (χ0) is 13.2. The molecule has 2 aromatic heterocycles. The lowest BCUT2D eigenvalue weighted by Crippen LogP contribution is -2.15. The summed E-state index contributed by atoms with van der Waals surface area (Å²) >= 11 is 0. The monoisotopic (exact) mass is 261 g/mol. The van der Waals surface area contributed by atoms with E-state index >= 15 is 0 Å². The first-order valence-electron chi connectivity index (χ1n) is 6.77. The molecule has 1 saturated carbocycles. The van der Waals surface area contributed by atoms with Crippen molar-refractivity contribution in [1.29, 1.82) is 0 Å². The van der Waals surface area contributed by atoms with Crippen LogP contribution < -0.4 is 5.32 Å². The van der Waals surface area contributed by atoms with Crippen LogP contribution >= 0.6 is 0 Å². The molecule has 1 aliphatic rings. The summed E-state index contributed by atoms with van der Waals surface area (Å²) in [6, 6.07) is 0.705. The van der Waals surface area contributed by atoms with E-state index in [9.17, 15) is 0 Å². The fraction of sp³-hybridized carbons (Fsp3) is 0.615. The molecule has 2 heterocycles. The molecule has 1 N–H and O–H groups in total. The molecule has 6 heteroatoms. The van der Waals surface area contributed by atoms with E-state index in [1.807, 2.05) is 30.9 Å². The summed E-state index contributed by atoms with van der Waals surface area (Å²) in [4.78, 5) is 8.72. The second kappa shape index (κ2) is 5.13. The molecule has 0 radical (unpaired) electrons. The zero-order valence-corrected chi connectivity index (χ0v) is 11.3. The van der Waals surface area contributed by atoms with E-state index in [1.54, 1.807) is 0 Å². The summed E-state index contributed by atoms with van der Waals surface area (Å²) in [6.45, 7) is 5.51. The van der Waals surface area contributed by atoms with Crippen molar-refractivity contribution in [3.63, 3.8) is 0 Å². The molecule has 19 heavy (non-hydrogen) atoms. The van der Waals surface area contributed by atoms with Gasteiger partial charge in [0, 0.05) is 24.7 Å². The molecule has 0 aliphatic heterocycles. The Balaban J connectivity index is 1.58. The maximum atomic E-state index is 5.19. The molecule has 3 rings (SSSR count). The van der Waals surface area contributed by atoms with Gasteiger partial charge in [0.15, 0.2) is 5.82 Å². The summed E-state index contributed by atoms with van der Waals surface area (Å²) in [5, 5.41) is 7.42. The maximum Gasteiger partial charge on any atom is 0.229 e. The van der Waals surface area contributed by atoms with Gasteiger partial charge in [0.25, 0.3) is 0 Å². The van der Waals surface area contributed by atoms with Gasteiger partial charge in [0.2, 0.25) is 5.89 Å². The highest BCUT2D eigenvalue weighted by molar-refractivity contribution is 5.00. The van der Waals surface area contributed by atoms with Crippen LogP contribution in [0.25, 0.3) is 0 Å². The van der Waals surface area contributed by atoms with Crippen LogP contribution in [-0.4, -0.2) is 25.7 Å². The molecule has 0 bridgehead atoms. The van der Waals surface area contributed by atoms with Gasteiger partial charge in [-0.1, -0.05) is 19.0 Å². The fourth-order valence-corrected chi connectivity index (χ4v) is 1.85. The molecule has 0 spiro atoms. The lowest BCUT2D eigenvalue weighted by molar-refractivity contribution is 0.360. The molecule has 0 atom stereocenters. The minimum atomic E-state index is 0.266. The predicted octanol–water partition coefficient (Wildman–Crippen LogP) is 1.69. The zero-order valence-electron chi connectivity index (χ0n) is 11.3. The Morgan fingerprint density at radius 3 is 3.00 bits per heavy atom. The molecule has 1 aliphatic carbocycles. The van der Waals surface area contributed by atoms with E-state index < -0.39 is 0 Å². The van der Waals surface area contributed by atoms with Gasteiger partial charge in [-0.05, 0) is 12.8 Å². The second-order valence-corrected chi connectivity index (χ2v) is 5.40. The van der Waals surface area contributed by atoms with Gasteiger partial charge < -0.3 is 14.4 Å². The molecule has 2 aromatic rings. The number of aromatic nitrogens is 4. The quantitative estimate of drug-likeness (QED) is 0.857. The van der Waals surface area contributed by atoms with Crippen LogP contribution in [0, 0.1) is 0 Å². The van der Waals surface area contributed by atoms with Crippen molar-refractivity contribution in [3.8, 4) is 0 Å². The Morgan fingerprint density at radius 1 is 1.47 bits per heavy atom. The van der Waals surface area contributed by atoms with Gasteiger partial charge in [-0.2, -0.15) is 4.98 Å². The highest BCUT2D eigenvalue weighted by Gasteiger charge is 2.20. The van der Waals surface area contributed by atoms with Crippen molar-refractivity contribution in [2.75, 3.05) is 0 Å². The molecular weight excluding hydrogens is 242 g/mol. The van der Waals surface area contributed by atoms with Crippen LogP contribution in [0.4, 0.5) is 0 Å². The summed E-state index contributed by atoms with van der Waals surface area (Å²) in [5.74, 6) is 1.65. The van der Waals surface area contributed by atoms with E-state index in [0.717, 1.165) is 12.2 Å². The van der Waals surface area contributed by atoms with Crippen molar-refractivity contribution >= 4 is 0 Å². The van der Waals surface area contributed by atoms with Gasteiger partial charge >= 0.3 is 0 Å². The third kappa shape index (κ3) is 3.20.